The Morgan fingerprint density at radius 2 is 1.52 bits per heavy atom. The monoisotopic (exact) mass is 391 g/mol. The lowest BCUT2D eigenvalue weighted by atomic mass is 9.93. The highest BCUT2D eigenvalue weighted by atomic mass is 16.5. The smallest absolute Gasteiger partial charge is 0.349 e. The SMILES string of the molecule is CCCCCCCCOC(=O)/C(C#N)=C(\c1ccccc1)c1ccc(OC)cc1. The fourth-order valence-electron chi connectivity index (χ4n) is 3.14. The molecule has 29 heavy (non-hydrogen) atoms. The molecule has 0 aromatic heterocycles. The van der Waals surface area contributed by atoms with Crippen molar-refractivity contribution in [2.24, 2.45) is 0 Å². The van der Waals surface area contributed by atoms with E-state index in [4.69, 9.17) is 9.47 Å². The molecular formula is C25H29NO3. The normalized spacial score (nSPS) is 11.3. The molecule has 0 aliphatic heterocycles. The number of hydrogen-bond acceptors (Lipinski definition) is 4. The Balaban J connectivity index is 2.20. The van der Waals surface area contributed by atoms with E-state index in [-0.39, 0.29) is 5.57 Å². The third-order valence-electron chi connectivity index (χ3n) is 4.74. The third kappa shape index (κ3) is 6.80. The van der Waals surface area contributed by atoms with Crippen LogP contribution < -0.4 is 4.74 Å². The number of rotatable bonds is 11. The maximum atomic E-state index is 12.7. The zero-order chi connectivity index (χ0) is 20.9. The number of hydrogen-bond donors (Lipinski definition) is 0. The van der Waals surface area contributed by atoms with Gasteiger partial charge in [0.05, 0.1) is 13.7 Å². The molecule has 0 bridgehead atoms. The van der Waals surface area contributed by atoms with Crippen molar-refractivity contribution in [1.29, 1.82) is 5.26 Å². The van der Waals surface area contributed by atoms with Gasteiger partial charge in [-0.05, 0) is 29.7 Å². The lowest BCUT2D eigenvalue weighted by molar-refractivity contribution is -0.138. The van der Waals surface area contributed by atoms with Gasteiger partial charge in [0.25, 0.3) is 0 Å². The van der Waals surface area contributed by atoms with E-state index in [2.05, 4.69) is 13.0 Å². The standard InChI is InChI=1S/C25H29NO3/c1-3-4-5-6-7-11-18-29-25(27)23(19-26)24(20-12-9-8-10-13-20)21-14-16-22(28-2)17-15-21/h8-10,12-17H,3-7,11,18H2,1-2H3/b24-23+. The van der Waals surface area contributed by atoms with E-state index >= 15 is 0 Å². The largest absolute Gasteiger partial charge is 0.497 e. The van der Waals surface area contributed by atoms with E-state index in [1.165, 1.54) is 19.3 Å². The number of carbonyl (C=O) groups excluding carboxylic acids is 1. The van der Waals surface area contributed by atoms with E-state index in [9.17, 15) is 10.1 Å². The summed E-state index contributed by atoms with van der Waals surface area (Å²) in [5, 5.41) is 9.76. The van der Waals surface area contributed by atoms with E-state index in [0.717, 1.165) is 30.4 Å². The summed E-state index contributed by atoms with van der Waals surface area (Å²) in [5.74, 6) is 0.140. The van der Waals surface area contributed by atoms with Crippen LogP contribution in [0.4, 0.5) is 0 Å². The Hall–Kier alpha value is -3.06. The highest BCUT2D eigenvalue weighted by molar-refractivity contribution is 6.05. The molecule has 0 radical (unpaired) electrons. The Kier molecular flexibility index (Phi) is 9.51. The minimum absolute atomic E-state index is 0.0207. The lowest BCUT2D eigenvalue weighted by Crippen LogP contribution is -2.11. The van der Waals surface area contributed by atoms with Crippen LogP contribution in [0.3, 0.4) is 0 Å². The fraction of sp³-hybridized carbons (Fsp3) is 0.360. The molecule has 0 amide bonds. The number of ether oxygens (including phenoxy) is 2. The number of esters is 1. The third-order valence-corrected chi connectivity index (χ3v) is 4.74. The van der Waals surface area contributed by atoms with Gasteiger partial charge in [-0.3, -0.25) is 0 Å². The van der Waals surface area contributed by atoms with Crippen LogP contribution in [0.25, 0.3) is 5.57 Å². The molecule has 0 fully saturated rings. The van der Waals surface area contributed by atoms with Gasteiger partial charge in [-0.1, -0.05) is 81.5 Å². The van der Waals surface area contributed by atoms with Gasteiger partial charge in [0.1, 0.15) is 17.4 Å². The number of nitriles is 1. The van der Waals surface area contributed by atoms with Crippen LogP contribution in [0.2, 0.25) is 0 Å². The molecule has 0 heterocycles. The molecule has 0 spiro atoms. The molecule has 4 heteroatoms. The Morgan fingerprint density at radius 1 is 0.897 bits per heavy atom. The molecule has 2 aromatic rings. The maximum absolute atomic E-state index is 12.7. The van der Waals surface area contributed by atoms with Gasteiger partial charge in [0.2, 0.25) is 0 Å². The van der Waals surface area contributed by atoms with Gasteiger partial charge in [0, 0.05) is 5.57 Å². The average Bonchev–Trinajstić information content (AvgIpc) is 2.77. The molecule has 2 rings (SSSR count). The van der Waals surface area contributed by atoms with Crippen molar-refractivity contribution >= 4 is 11.5 Å². The first-order valence-electron chi connectivity index (χ1n) is 10.2. The molecule has 2 aromatic carbocycles. The Morgan fingerprint density at radius 3 is 2.14 bits per heavy atom. The van der Waals surface area contributed by atoms with Crippen LogP contribution in [-0.2, 0) is 9.53 Å². The number of benzene rings is 2. The van der Waals surface area contributed by atoms with Crippen molar-refractivity contribution in [2.75, 3.05) is 13.7 Å². The fourth-order valence-corrected chi connectivity index (χ4v) is 3.14. The second-order valence-electron chi connectivity index (χ2n) is 6.86. The highest BCUT2D eigenvalue weighted by Crippen LogP contribution is 2.29. The second-order valence-corrected chi connectivity index (χ2v) is 6.86. The summed E-state index contributed by atoms with van der Waals surface area (Å²) < 4.78 is 10.6. The van der Waals surface area contributed by atoms with Gasteiger partial charge < -0.3 is 9.47 Å². The predicted molar refractivity (Wildman–Crippen MR) is 115 cm³/mol. The number of carbonyl (C=O) groups is 1. The van der Waals surface area contributed by atoms with Gasteiger partial charge in [-0.2, -0.15) is 5.26 Å². The van der Waals surface area contributed by atoms with Crippen molar-refractivity contribution in [3.63, 3.8) is 0 Å². The van der Waals surface area contributed by atoms with Crippen LogP contribution in [-0.4, -0.2) is 19.7 Å². The molecule has 0 saturated heterocycles. The summed E-state index contributed by atoms with van der Waals surface area (Å²) in [6, 6.07) is 18.8. The van der Waals surface area contributed by atoms with Crippen LogP contribution in [0, 0.1) is 11.3 Å². The van der Waals surface area contributed by atoms with Crippen LogP contribution in [0.1, 0.15) is 56.6 Å². The van der Waals surface area contributed by atoms with E-state index in [0.29, 0.717) is 17.9 Å². The van der Waals surface area contributed by atoms with Crippen molar-refractivity contribution < 1.29 is 14.3 Å². The number of nitrogens with zero attached hydrogens (tertiary/aromatic N) is 1. The summed E-state index contributed by atoms with van der Waals surface area (Å²) >= 11 is 0. The lowest BCUT2D eigenvalue weighted by Gasteiger charge is -2.12. The molecule has 0 saturated carbocycles. The summed E-state index contributed by atoms with van der Waals surface area (Å²) in [6.07, 6.45) is 6.65. The van der Waals surface area contributed by atoms with Crippen LogP contribution >= 0.6 is 0 Å². The molecule has 0 N–H and O–H groups in total. The van der Waals surface area contributed by atoms with Gasteiger partial charge in [-0.25, -0.2) is 4.79 Å². The summed E-state index contributed by atoms with van der Waals surface area (Å²) in [4.78, 5) is 12.7. The topological polar surface area (TPSA) is 59.3 Å². The maximum Gasteiger partial charge on any atom is 0.349 e. The molecule has 0 atom stereocenters. The zero-order valence-electron chi connectivity index (χ0n) is 17.3. The minimum Gasteiger partial charge on any atom is -0.497 e. The van der Waals surface area contributed by atoms with Gasteiger partial charge in [0.15, 0.2) is 0 Å². The summed E-state index contributed by atoms with van der Waals surface area (Å²) in [6.45, 7) is 2.52. The second kappa shape index (κ2) is 12.4. The van der Waals surface area contributed by atoms with E-state index in [1.54, 1.807) is 7.11 Å². The molecule has 0 aliphatic carbocycles. The van der Waals surface area contributed by atoms with Crippen molar-refractivity contribution in [3.05, 3.63) is 71.3 Å². The first-order valence-corrected chi connectivity index (χ1v) is 10.2. The van der Waals surface area contributed by atoms with Crippen LogP contribution in [0.15, 0.2) is 60.2 Å². The summed E-state index contributed by atoms with van der Waals surface area (Å²) in [7, 11) is 1.60. The van der Waals surface area contributed by atoms with Crippen molar-refractivity contribution in [1.82, 2.24) is 0 Å². The van der Waals surface area contributed by atoms with Crippen molar-refractivity contribution in [3.8, 4) is 11.8 Å². The molecule has 0 unspecified atom stereocenters. The van der Waals surface area contributed by atoms with E-state index < -0.39 is 5.97 Å². The highest BCUT2D eigenvalue weighted by Gasteiger charge is 2.20. The van der Waals surface area contributed by atoms with Crippen LogP contribution in [0.5, 0.6) is 5.75 Å². The number of methoxy groups -OCH3 is 1. The minimum atomic E-state index is -0.573. The van der Waals surface area contributed by atoms with E-state index in [1.807, 2.05) is 54.6 Å². The zero-order valence-corrected chi connectivity index (χ0v) is 17.3. The molecule has 152 valence electrons. The number of unbranched alkanes of at least 4 members (excludes halogenated alkanes) is 5. The van der Waals surface area contributed by atoms with Crippen molar-refractivity contribution in [2.45, 2.75) is 45.4 Å². The quantitative estimate of drug-likeness (QED) is 0.206. The predicted octanol–water partition coefficient (Wildman–Crippen LogP) is 5.92. The van der Waals surface area contributed by atoms with Gasteiger partial charge in [-0.15, -0.1) is 0 Å². The molecule has 4 nitrogen and oxygen atoms in total. The Bertz CT molecular complexity index is 833. The summed E-state index contributed by atoms with van der Waals surface area (Å²) in [5.41, 5.74) is 2.16. The first-order chi connectivity index (χ1) is 14.2. The van der Waals surface area contributed by atoms with Gasteiger partial charge >= 0.3 is 5.97 Å². The molecular weight excluding hydrogens is 362 g/mol. The molecule has 0 aliphatic rings. The average molecular weight is 392 g/mol. The first kappa shape index (κ1) is 22.2. The Labute approximate surface area is 173 Å².